The second-order valence-electron chi connectivity index (χ2n) is 4.37. The summed E-state index contributed by atoms with van der Waals surface area (Å²) >= 11 is 0. The van der Waals surface area contributed by atoms with Crippen LogP contribution in [0.3, 0.4) is 0 Å². The second-order valence-corrected chi connectivity index (χ2v) is 4.37. The molecule has 0 aliphatic heterocycles. The fraction of sp³-hybridized carbons (Fsp3) is 0.286. The van der Waals surface area contributed by atoms with Gasteiger partial charge in [0.25, 0.3) is 0 Å². The van der Waals surface area contributed by atoms with Crippen LogP contribution in [0.1, 0.15) is 28.7 Å². The number of carbonyl (C=O) groups is 1. The Morgan fingerprint density at radius 2 is 2.00 bits per heavy atom. The van der Waals surface area contributed by atoms with Gasteiger partial charge in [-0.05, 0) is 37.6 Å². The maximum atomic E-state index is 11.1. The lowest BCUT2D eigenvalue weighted by atomic mass is 10.2. The molecule has 2 rings (SSSR count). The highest BCUT2D eigenvalue weighted by Gasteiger charge is 2.13. The minimum Gasteiger partial charge on any atom is -0.477 e. The van der Waals surface area contributed by atoms with Gasteiger partial charge in [-0.25, -0.2) is 14.8 Å². The maximum absolute atomic E-state index is 11.1. The molecule has 0 unspecified atom stereocenters. The van der Waals surface area contributed by atoms with Crippen LogP contribution in [0, 0.1) is 6.92 Å². The molecule has 0 aliphatic rings. The van der Waals surface area contributed by atoms with Crippen molar-refractivity contribution in [3.63, 3.8) is 0 Å². The number of aryl methyl sites for hydroxylation is 1. The molecule has 0 saturated carbocycles. The Hall–Kier alpha value is -2.50. The van der Waals surface area contributed by atoms with Crippen molar-refractivity contribution >= 4 is 11.9 Å². The molecule has 0 spiro atoms. The van der Waals surface area contributed by atoms with Crippen molar-refractivity contribution < 1.29 is 9.90 Å². The number of pyridine rings is 1. The monoisotopic (exact) mass is 272 g/mol. The van der Waals surface area contributed by atoms with Gasteiger partial charge in [0.2, 0.25) is 5.95 Å². The van der Waals surface area contributed by atoms with Crippen LogP contribution in [-0.2, 0) is 6.54 Å². The fourth-order valence-electron chi connectivity index (χ4n) is 1.84. The van der Waals surface area contributed by atoms with Crippen molar-refractivity contribution in [2.24, 2.45) is 0 Å². The van der Waals surface area contributed by atoms with E-state index in [1.165, 1.54) is 6.07 Å². The molecule has 0 bridgehead atoms. The molecule has 0 amide bonds. The van der Waals surface area contributed by atoms with Crippen LogP contribution in [0.15, 0.2) is 30.6 Å². The average Bonchev–Trinajstić information content (AvgIpc) is 2.45. The first-order valence-electron chi connectivity index (χ1n) is 6.33. The summed E-state index contributed by atoms with van der Waals surface area (Å²) in [7, 11) is 0. The molecule has 0 aromatic carbocycles. The highest BCUT2D eigenvalue weighted by atomic mass is 16.4. The molecule has 0 radical (unpaired) electrons. The minimum absolute atomic E-state index is 0.0145. The van der Waals surface area contributed by atoms with E-state index in [9.17, 15) is 4.79 Å². The summed E-state index contributed by atoms with van der Waals surface area (Å²) in [6, 6.07) is 5.29. The van der Waals surface area contributed by atoms with Gasteiger partial charge in [0.05, 0.1) is 0 Å². The van der Waals surface area contributed by atoms with Crippen LogP contribution in [0.4, 0.5) is 5.95 Å². The van der Waals surface area contributed by atoms with Crippen molar-refractivity contribution in [1.82, 2.24) is 15.0 Å². The first-order valence-corrected chi connectivity index (χ1v) is 6.33. The molecule has 0 fully saturated rings. The van der Waals surface area contributed by atoms with Crippen LogP contribution in [0.5, 0.6) is 0 Å². The van der Waals surface area contributed by atoms with Crippen molar-refractivity contribution in [3.8, 4) is 0 Å². The van der Waals surface area contributed by atoms with E-state index in [-0.39, 0.29) is 5.69 Å². The van der Waals surface area contributed by atoms with E-state index in [1.54, 1.807) is 19.3 Å². The van der Waals surface area contributed by atoms with Gasteiger partial charge in [-0.3, -0.25) is 4.98 Å². The lowest BCUT2D eigenvalue weighted by Crippen LogP contribution is -2.25. The van der Waals surface area contributed by atoms with Crippen molar-refractivity contribution in [1.29, 1.82) is 0 Å². The van der Waals surface area contributed by atoms with Gasteiger partial charge in [0.1, 0.15) is 0 Å². The summed E-state index contributed by atoms with van der Waals surface area (Å²) in [5, 5.41) is 9.06. The number of hydrogen-bond donors (Lipinski definition) is 1. The van der Waals surface area contributed by atoms with Gasteiger partial charge in [0.15, 0.2) is 5.69 Å². The van der Waals surface area contributed by atoms with Gasteiger partial charge in [0, 0.05) is 31.2 Å². The molecule has 0 saturated heterocycles. The van der Waals surface area contributed by atoms with Crippen LogP contribution in [0.25, 0.3) is 0 Å². The molecule has 2 aromatic rings. The van der Waals surface area contributed by atoms with Crippen molar-refractivity contribution in [2.45, 2.75) is 20.4 Å². The minimum atomic E-state index is -1.04. The van der Waals surface area contributed by atoms with E-state index in [1.807, 2.05) is 24.0 Å². The second kappa shape index (κ2) is 6.10. The maximum Gasteiger partial charge on any atom is 0.354 e. The number of carboxylic acids is 1. The zero-order valence-corrected chi connectivity index (χ0v) is 11.4. The SMILES string of the molecule is CCN(Cc1ccncc1)c1nc(C)cc(C(=O)O)n1. The lowest BCUT2D eigenvalue weighted by Gasteiger charge is -2.21. The summed E-state index contributed by atoms with van der Waals surface area (Å²) in [6.07, 6.45) is 3.45. The number of rotatable bonds is 5. The molecule has 1 N–H and O–H groups in total. The molecule has 0 aliphatic carbocycles. The topological polar surface area (TPSA) is 79.2 Å². The number of aromatic nitrogens is 3. The molecule has 6 nitrogen and oxygen atoms in total. The number of aromatic carboxylic acids is 1. The smallest absolute Gasteiger partial charge is 0.354 e. The van der Waals surface area contributed by atoms with E-state index in [0.717, 1.165) is 5.56 Å². The highest BCUT2D eigenvalue weighted by Crippen LogP contribution is 2.13. The quantitative estimate of drug-likeness (QED) is 0.895. The van der Waals surface area contributed by atoms with E-state index >= 15 is 0 Å². The van der Waals surface area contributed by atoms with Crippen LogP contribution >= 0.6 is 0 Å². The first-order chi connectivity index (χ1) is 9.60. The van der Waals surface area contributed by atoms with E-state index in [0.29, 0.717) is 24.7 Å². The lowest BCUT2D eigenvalue weighted by molar-refractivity contribution is 0.0690. The Labute approximate surface area is 117 Å². The predicted molar refractivity (Wildman–Crippen MR) is 74.7 cm³/mol. The Morgan fingerprint density at radius 3 is 2.60 bits per heavy atom. The number of nitrogens with zero attached hydrogens (tertiary/aromatic N) is 4. The third-order valence-electron chi connectivity index (χ3n) is 2.85. The summed E-state index contributed by atoms with van der Waals surface area (Å²) in [6.45, 7) is 5.04. The zero-order valence-electron chi connectivity index (χ0n) is 11.4. The largest absolute Gasteiger partial charge is 0.477 e. The number of hydrogen-bond acceptors (Lipinski definition) is 5. The summed E-state index contributed by atoms with van der Waals surface area (Å²) in [4.78, 5) is 25.4. The average molecular weight is 272 g/mol. The number of carboxylic acid groups (broad SMARTS) is 1. The summed E-state index contributed by atoms with van der Waals surface area (Å²) < 4.78 is 0. The fourth-order valence-corrected chi connectivity index (χ4v) is 1.84. The molecule has 104 valence electrons. The molecule has 2 heterocycles. The van der Waals surface area contributed by atoms with Crippen molar-refractivity contribution in [3.05, 3.63) is 47.5 Å². The van der Waals surface area contributed by atoms with Gasteiger partial charge in [-0.15, -0.1) is 0 Å². The van der Waals surface area contributed by atoms with Gasteiger partial charge in [-0.1, -0.05) is 0 Å². The summed E-state index contributed by atoms with van der Waals surface area (Å²) in [5.41, 5.74) is 1.73. The van der Waals surface area contributed by atoms with Gasteiger partial charge < -0.3 is 10.0 Å². The normalized spacial score (nSPS) is 10.3. The first kappa shape index (κ1) is 13.9. The van der Waals surface area contributed by atoms with Crippen LogP contribution in [-0.4, -0.2) is 32.6 Å². The molecule has 20 heavy (non-hydrogen) atoms. The van der Waals surface area contributed by atoms with Gasteiger partial charge in [-0.2, -0.15) is 0 Å². The van der Waals surface area contributed by atoms with Crippen molar-refractivity contribution in [2.75, 3.05) is 11.4 Å². The van der Waals surface area contributed by atoms with Crippen LogP contribution < -0.4 is 4.90 Å². The highest BCUT2D eigenvalue weighted by molar-refractivity contribution is 5.85. The molecule has 6 heteroatoms. The molecular formula is C14H16N4O2. The molecule has 2 aromatic heterocycles. The van der Waals surface area contributed by atoms with E-state index < -0.39 is 5.97 Å². The third-order valence-corrected chi connectivity index (χ3v) is 2.85. The van der Waals surface area contributed by atoms with E-state index in [4.69, 9.17) is 5.11 Å². The summed E-state index contributed by atoms with van der Waals surface area (Å²) in [5.74, 6) is -0.613. The zero-order chi connectivity index (χ0) is 14.5. The third kappa shape index (κ3) is 3.28. The Kier molecular flexibility index (Phi) is 4.24. The van der Waals surface area contributed by atoms with E-state index in [2.05, 4.69) is 15.0 Å². The Morgan fingerprint density at radius 1 is 1.30 bits per heavy atom. The van der Waals surface area contributed by atoms with Crippen LogP contribution in [0.2, 0.25) is 0 Å². The Bertz CT molecular complexity index is 601. The predicted octanol–water partition coefficient (Wildman–Crippen LogP) is 1.90. The van der Waals surface area contributed by atoms with Gasteiger partial charge >= 0.3 is 5.97 Å². The number of anilines is 1. The standard InChI is InChI=1S/C14H16N4O2/c1-3-18(9-11-4-6-15-7-5-11)14-16-10(2)8-12(17-14)13(19)20/h4-8H,3,9H2,1-2H3,(H,19,20). The Balaban J connectivity index is 2.29. The molecule has 0 atom stereocenters. The molecular weight excluding hydrogens is 256 g/mol.